The lowest BCUT2D eigenvalue weighted by atomic mass is 9.97. The zero-order chi connectivity index (χ0) is 13.1. The van der Waals surface area contributed by atoms with E-state index in [1.165, 1.54) is 0 Å². The zero-order valence-corrected chi connectivity index (χ0v) is 10.9. The second kappa shape index (κ2) is 5.49. The number of hydrogen-bond acceptors (Lipinski definition) is 4. The molecule has 17 heavy (non-hydrogen) atoms. The van der Waals surface area contributed by atoms with Crippen LogP contribution in [0.2, 0.25) is 0 Å². The van der Waals surface area contributed by atoms with E-state index in [0.29, 0.717) is 13.0 Å². The van der Waals surface area contributed by atoms with E-state index in [1.807, 2.05) is 13.8 Å². The van der Waals surface area contributed by atoms with Crippen LogP contribution < -0.4 is 5.73 Å². The van der Waals surface area contributed by atoms with E-state index >= 15 is 0 Å². The third kappa shape index (κ3) is 3.43. The third-order valence-corrected chi connectivity index (χ3v) is 3.21. The molecule has 0 radical (unpaired) electrons. The van der Waals surface area contributed by atoms with Crippen LogP contribution in [0.25, 0.3) is 0 Å². The molecule has 0 aromatic carbocycles. The summed E-state index contributed by atoms with van der Waals surface area (Å²) in [6.07, 6.45) is 2.44. The zero-order valence-electron chi connectivity index (χ0n) is 10.9. The van der Waals surface area contributed by atoms with Gasteiger partial charge in [-0.3, -0.25) is 9.59 Å². The summed E-state index contributed by atoms with van der Waals surface area (Å²) in [5.74, 6) is -0.524. The lowest BCUT2D eigenvalue weighted by molar-refractivity contribution is -0.152. The number of likely N-dealkylation sites (tertiary alicyclic amines) is 1. The van der Waals surface area contributed by atoms with E-state index in [1.54, 1.807) is 11.8 Å². The molecular formula is C12H22N2O3. The molecule has 0 spiro atoms. The number of ether oxygens (including phenoxy) is 1. The van der Waals surface area contributed by atoms with Gasteiger partial charge in [0.15, 0.2) is 0 Å². The average molecular weight is 242 g/mol. The first kappa shape index (κ1) is 14.0. The van der Waals surface area contributed by atoms with Crippen molar-refractivity contribution in [2.24, 2.45) is 5.73 Å². The smallest absolute Gasteiger partial charge is 0.325 e. The van der Waals surface area contributed by atoms with Gasteiger partial charge in [0.2, 0.25) is 5.91 Å². The maximum absolute atomic E-state index is 12.1. The number of esters is 1. The molecule has 0 saturated carbocycles. The molecular weight excluding hydrogens is 220 g/mol. The summed E-state index contributed by atoms with van der Waals surface area (Å²) in [6, 6.07) is -0.494. The van der Waals surface area contributed by atoms with E-state index in [-0.39, 0.29) is 24.0 Å². The number of hydrogen-bond donors (Lipinski definition) is 1. The van der Waals surface area contributed by atoms with Gasteiger partial charge in [0.1, 0.15) is 6.54 Å². The van der Waals surface area contributed by atoms with Crippen molar-refractivity contribution >= 4 is 11.9 Å². The van der Waals surface area contributed by atoms with Gasteiger partial charge in [0.05, 0.1) is 12.6 Å². The van der Waals surface area contributed by atoms with Gasteiger partial charge >= 0.3 is 5.97 Å². The van der Waals surface area contributed by atoms with Crippen LogP contribution in [0.15, 0.2) is 0 Å². The number of rotatable bonds is 3. The van der Waals surface area contributed by atoms with Gasteiger partial charge in [-0.15, -0.1) is 0 Å². The monoisotopic (exact) mass is 242 g/mol. The Kier molecular flexibility index (Phi) is 4.51. The van der Waals surface area contributed by atoms with E-state index in [4.69, 9.17) is 10.5 Å². The van der Waals surface area contributed by atoms with Gasteiger partial charge in [-0.25, -0.2) is 0 Å². The van der Waals surface area contributed by atoms with Crippen LogP contribution in [-0.4, -0.2) is 41.5 Å². The second-order valence-corrected chi connectivity index (χ2v) is 5.04. The molecule has 1 fully saturated rings. The van der Waals surface area contributed by atoms with Crippen molar-refractivity contribution in [3.05, 3.63) is 0 Å². The standard InChI is InChI=1S/C12H22N2O3/c1-4-17-10(15)8-14-11(16)9(13)6-5-7-12(14,2)3/h9H,4-8,13H2,1-3H3/t9-/m0/s1. The fourth-order valence-corrected chi connectivity index (χ4v) is 2.14. The normalized spacial score (nSPS) is 24.4. The van der Waals surface area contributed by atoms with E-state index in [2.05, 4.69) is 0 Å². The van der Waals surface area contributed by atoms with Crippen LogP contribution in [0.5, 0.6) is 0 Å². The molecule has 1 saturated heterocycles. The maximum atomic E-state index is 12.1. The number of nitrogens with zero attached hydrogens (tertiary/aromatic N) is 1. The Morgan fingerprint density at radius 3 is 2.82 bits per heavy atom. The van der Waals surface area contributed by atoms with Crippen LogP contribution in [0, 0.1) is 0 Å². The first-order valence-corrected chi connectivity index (χ1v) is 6.11. The minimum absolute atomic E-state index is 0.00657. The van der Waals surface area contributed by atoms with Gasteiger partial charge in [-0.05, 0) is 40.0 Å². The van der Waals surface area contributed by atoms with Gasteiger partial charge in [0, 0.05) is 5.54 Å². The lowest BCUT2D eigenvalue weighted by Crippen LogP contribution is -2.53. The first-order chi connectivity index (χ1) is 7.88. The Hall–Kier alpha value is -1.10. The molecule has 2 N–H and O–H groups in total. The molecule has 1 amide bonds. The summed E-state index contributed by atoms with van der Waals surface area (Å²) in [7, 11) is 0. The summed E-state index contributed by atoms with van der Waals surface area (Å²) in [5.41, 5.74) is 5.46. The fourth-order valence-electron chi connectivity index (χ4n) is 2.14. The summed E-state index contributed by atoms with van der Waals surface area (Å²) >= 11 is 0. The largest absolute Gasteiger partial charge is 0.465 e. The highest BCUT2D eigenvalue weighted by Crippen LogP contribution is 2.26. The van der Waals surface area contributed by atoms with Crippen LogP contribution in [-0.2, 0) is 14.3 Å². The molecule has 5 heteroatoms. The van der Waals surface area contributed by atoms with Crippen LogP contribution >= 0.6 is 0 Å². The lowest BCUT2D eigenvalue weighted by Gasteiger charge is -2.37. The molecule has 98 valence electrons. The summed E-state index contributed by atoms with van der Waals surface area (Å²) in [6.45, 7) is 5.99. The van der Waals surface area contributed by atoms with Gasteiger partial charge in [-0.1, -0.05) is 0 Å². The number of nitrogens with two attached hydrogens (primary N) is 1. The Morgan fingerprint density at radius 1 is 1.59 bits per heavy atom. The van der Waals surface area contributed by atoms with Crippen molar-refractivity contribution in [2.75, 3.05) is 13.2 Å². The number of carbonyl (C=O) groups is 2. The van der Waals surface area contributed by atoms with Crippen LogP contribution in [0.4, 0.5) is 0 Å². The summed E-state index contributed by atoms with van der Waals surface area (Å²) in [5, 5.41) is 0. The topological polar surface area (TPSA) is 72.6 Å². The number of carbonyl (C=O) groups excluding carboxylic acids is 2. The van der Waals surface area contributed by atoms with Gasteiger partial charge in [0.25, 0.3) is 0 Å². The quantitative estimate of drug-likeness (QED) is 0.738. The minimum Gasteiger partial charge on any atom is -0.465 e. The predicted octanol–water partition coefficient (Wildman–Crippen LogP) is 0.668. The molecule has 5 nitrogen and oxygen atoms in total. The van der Waals surface area contributed by atoms with Crippen molar-refractivity contribution in [3.63, 3.8) is 0 Å². The predicted molar refractivity (Wildman–Crippen MR) is 64.3 cm³/mol. The molecule has 0 aliphatic carbocycles. The molecule has 0 unspecified atom stereocenters. The van der Waals surface area contributed by atoms with E-state index < -0.39 is 6.04 Å². The molecule has 1 aliphatic heterocycles. The van der Waals surface area contributed by atoms with E-state index in [9.17, 15) is 9.59 Å². The number of amides is 1. The molecule has 0 bridgehead atoms. The SMILES string of the molecule is CCOC(=O)CN1C(=O)[C@@H](N)CCCC1(C)C. The Labute approximate surface area is 102 Å². The first-order valence-electron chi connectivity index (χ1n) is 6.11. The van der Waals surface area contributed by atoms with Crippen molar-refractivity contribution in [2.45, 2.75) is 51.6 Å². The molecule has 1 aliphatic rings. The summed E-state index contributed by atoms with van der Waals surface area (Å²) in [4.78, 5) is 25.2. The maximum Gasteiger partial charge on any atom is 0.325 e. The highest BCUT2D eigenvalue weighted by Gasteiger charge is 2.37. The molecule has 1 rings (SSSR count). The van der Waals surface area contributed by atoms with Crippen molar-refractivity contribution in [3.8, 4) is 0 Å². The second-order valence-electron chi connectivity index (χ2n) is 5.04. The fraction of sp³-hybridized carbons (Fsp3) is 0.833. The molecule has 0 aromatic rings. The van der Waals surface area contributed by atoms with Crippen LogP contribution in [0.3, 0.4) is 0 Å². The minimum atomic E-state index is -0.494. The Bertz CT molecular complexity index is 302. The highest BCUT2D eigenvalue weighted by molar-refractivity contribution is 5.86. The van der Waals surface area contributed by atoms with Crippen LogP contribution in [0.1, 0.15) is 40.0 Å². The molecule has 1 heterocycles. The van der Waals surface area contributed by atoms with Crippen molar-refractivity contribution < 1.29 is 14.3 Å². The Morgan fingerprint density at radius 2 is 2.24 bits per heavy atom. The molecule has 1 atom stereocenters. The average Bonchev–Trinajstić information content (AvgIpc) is 2.32. The van der Waals surface area contributed by atoms with Crippen molar-refractivity contribution in [1.82, 2.24) is 4.90 Å². The van der Waals surface area contributed by atoms with E-state index in [0.717, 1.165) is 12.8 Å². The Balaban J connectivity index is 2.81. The molecule has 0 aromatic heterocycles. The van der Waals surface area contributed by atoms with Gasteiger partial charge < -0.3 is 15.4 Å². The third-order valence-electron chi connectivity index (χ3n) is 3.21. The highest BCUT2D eigenvalue weighted by atomic mass is 16.5. The van der Waals surface area contributed by atoms with Crippen molar-refractivity contribution in [1.29, 1.82) is 0 Å². The van der Waals surface area contributed by atoms with Gasteiger partial charge in [-0.2, -0.15) is 0 Å². The summed E-state index contributed by atoms with van der Waals surface area (Å²) < 4.78 is 4.89.